The number of aryl methyl sites for hydroxylation is 1. The van der Waals surface area contributed by atoms with Crippen molar-refractivity contribution in [1.82, 2.24) is 13.5 Å². The number of esters is 2. The van der Waals surface area contributed by atoms with Gasteiger partial charge in [0, 0.05) is 47.2 Å². The van der Waals surface area contributed by atoms with Crippen molar-refractivity contribution in [3.63, 3.8) is 0 Å². The fraction of sp³-hybridized carbons (Fsp3) is 0.396. The van der Waals surface area contributed by atoms with Crippen LogP contribution in [0.3, 0.4) is 0 Å². The average molecular weight is 917 g/mol. The Labute approximate surface area is 367 Å². The molecule has 1 aliphatic carbocycles. The van der Waals surface area contributed by atoms with E-state index in [0.717, 1.165) is 51.4 Å². The summed E-state index contributed by atoms with van der Waals surface area (Å²) in [6.07, 6.45) is 9.35. The highest BCUT2D eigenvalue weighted by Gasteiger charge is 2.46. The molecule has 0 aliphatic heterocycles. The molecule has 3 atom stereocenters. The van der Waals surface area contributed by atoms with Gasteiger partial charge in [0.15, 0.2) is 0 Å². The molecule has 0 radical (unpaired) electrons. The van der Waals surface area contributed by atoms with Crippen molar-refractivity contribution in [3.8, 4) is 22.9 Å². The molecule has 0 fully saturated rings. The molecule has 2 aromatic heterocycles. The molecule has 13 heteroatoms. The fourth-order valence-corrected chi connectivity index (χ4v) is 9.89. The maximum Gasteiger partial charge on any atom is 0.308 e. The lowest BCUT2D eigenvalue weighted by atomic mass is 9.73. The SMILES string of the molecule is CCOC(=O)C(C)Cc1cccc(C(C)(CCCC(C)(C)COC(C)=O)c2cn(C)c(-c3cccc(Oc4ccc5c(ccn5S(=O)(=O)C5(C)CC=C(Br)C=C5F)c4)c3)n2)c1. The number of benzene rings is 3. The Bertz CT molecular complexity index is 2610. The number of halogens is 2. The zero-order chi connectivity index (χ0) is 44.3. The smallest absolute Gasteiger partial charge is 0.308 e. The zero-order valence-corrected chi connectivity index (χ0v) is 38.5. The number of fused-ring (bicyclic) bond motifs is 1. The van der Waals surface area contributed by atoms with Gasteiger partial charge >= 0.3 is 11.9 Å². The van der Waals surface area contributed by atoms with Gasteiger partial charge in [-0.15, -0.1) is 0 Å². The Balaban J connectivity index is 1.27. The standard InChI is InChI=1S/C48H55BrFN3O7S/c1-9-58-45(55)32(2)25-34-13-10-15-37(26-34)47(6,22-12-21-46(4,5)31-59-33(3)54)43-30-52(8)44(51-43)36-14-11-16-39(28-36)60-40-17-18-41-35(27-40)20-24-53(41)61(56,57)48(7)23-19-38(49)29-42(48)50/h10-11,13-20,24,26-30,32H,9,12,21-23,25,31H2,1-8H3. The van der Waals surface area contributed by atoms with E-state index in [9.17, 15) is 18.0 Å². The average Bonchev–Trinajstić information content (AvgIpc) is 3.83. The van der Waals surface area contributed by atoms with Gasteiger partial charge < -0.3 is 18.8 Å². The lowest BCUT2D eigenvalue weighted by molar-refractivity contribution is -0.147. The second-order valence-electron chi connectivity index (χ2n) is 17.2. The van der Waals surface area contributed by atoms with Gasteiger partial charge in [-0.05, 0) is 105 Å². The van der Waals surface area contributed by atoms with Crippen LogP contribution in [0.2, 0.25) is 0 Å². The lowest BCUT2D eigenvalue weighted by Crippen LogP contribution is -2.40. The molecule has 3 aromatic carbocycles. The van der Waals surface area contributed by atoms with Crippen LogP contribution in [0.25, 0.3) is 22.3 Å². The third-order valence-electron chi connectivity index (χ3n) is 11.7. The van der Waals surface area contributed by atoms with Crippen LogP contribution < -0.4 is 4.74 Å². The van der Waals surface area contributed by atoms with E-state index in [4.69, 9.17) is 19.2 Å². The molecule has 0 saturated heterocycles. The van der Waals surface area contributed by atoms with Crippen LogP contribution in [0.15, 0.2) is 108 Å². The van der Waals surface area contributed by atoms with Crippen molar-refractivity contribution in [3.05, 3.63) is 124 Å². The third kappa shape index (κ3) is 9.88. The predicted octanol–water partition coefficient (Wildman–Crippen LogP) is 11.1. The molecular weight excluding hydrogens is 862 g/mol. The van der Waals surface area contributed by atoms with E-state index in [1.54, 1.807) is 30.3 Å². The van der Waals surface area contributed by atoms with Crippen LogP contribution in [-0.2, 0) is 48.0 Å². The molecule has 2 heterocycles. The van der Waals surface area contributed by atoms with Crippen LogP contribution in [-0.4, -0.2) is 51.8 Å². The summed E-state index contributed by atoms with van der Waals surface area (Å²) in [4.78, 5) is 29.4. The highest BCUT2D eigenvalue weighted by molar-refractivity contribution is 9.11. The van der Waals surface area contributed by atoms with Gasteiger partial charge in [0.1, 0.15) is 27.9 Å². The number of hydrogen-bond acceptors (Lipinski definition) is 8. The Morgan fingerprint density at radius 3 is 2.46 bits per heavy atom. The van der Waals surface area contributed by atoms with Crippen molar-refractivity contribution in [1.29, 1.82) is 0 Å². The minimum absolute atomic E-state index is 0.00532. The summed E-state index contributed by atoms with van der Waals surface area (Å²) in [6, 6.07) is 22.8. The number of aromatic nitrogens is 3. The van der Waals surface area contributed by atoms with Gasteiger partial charge in [0.2, 0.25) is 0 Å². The minimum Gasteiger partial charge on any atom is -0.466 e. The van der Waals surface area contributed by atoms with E-state index < -0.39 is 26.0 Å². The molecule has 0 amide bonds. The summed E-state index contributed by atoms with van der Waals surface area (Å²) in [5.41, 5.74) is 3.52. The quantitative estimate of drug-likeness (QED) is 0.0846. The summed E-state index contributed by atoms with van der Waals surface area (Å²) >= 11 is 3.25. The molecule has 3 unspecified atom stereocenters. The predicted molar refractivity (Wildman–Crippen MR) is 241 cm³/mol. The summed E-state index contributed by atoms with van der Waals surface area (Å²) in [6.45, 7) is 13.6. The van der Waals surface area contributed by atoms with Gasteiger partial charge in [-0.25, -0.2) is 21.8 Å². The van der Waals surface area contributed by atoms with Crippen LogP contribution in [0.1, 0.15) is 91.0 Å². The molecule has 1 aliphatic rings. The van der Waals surface area contributed by atoms with Gasteiger partial charge in [0.25, 0.3) is 10.0 Å². The number of ether oxygens (including phenoxy) is 3. The maximum absolute atomic E-state index is 15.2. The number of hydrogen-bond donors (Lipinski definition) is 0. The number of rotatable bonds is 17. The van der Waals surface area contributed by atoms with E-state index in [1.807, 2.05) is 61.9 Å². The minimum atomic E-state index is -4.16. The number of allylic oxidation sites excluding steroid dienone is 3. The molecule has 0 N–H and O–H groups in total. The Kier molecular flexibility index (Phi) is 13.5. The third-order valence-corrected chi connectivity index (χ3v) is 14.6. The largest absolute Gasteiger partial charge is 0.466 e. The summed E-state index contributed by atoms with van der Waals surface area (Å²) in [5.74, 6) is 0.278. The first-order valence-electron chi connectivity index (χ1n) is 20.6. The molecule has 0 saturated carbocycles. The first-order chi connectivity index (χ1) is 28.8. The highest BCUT2D eigenvalue weighted by Crippen LogP contribution is 2.42. The van der Waals surface area contributed by atoms with E-state index in [-0.39, 0.29) is 29.7 Å². The van der Waals surface area contributed by atoms with Crippen molar-refractivity contribution in [2.24, 2.45) is 18.4 Å². The van der Waals surface area contributed by atoms with E-state index in [0.29, 0.717) is 46.5 Å². The first kappa shape index (κ1) is 45.5. The van der Waals surface area contributed by atoms with Crippen LogP contribution in [0.4, 0.5) is 4.39 Å². The first-order valence-corrected chi connectivity index (χ1v) is 22.8. The van der Waals surface area contributed by atoms with E-state index in [1.165, 1.54) is 26.1 Å². The van der Waals surface area contributed by atoms with Crippen molar-refractivity contribution >= 4 is 48.8 Å². The monoisotopic (exact) mass is 915 g/mol. The number of imidazole rings is 1. The molecule has 61 heavy (non-hydrogen) atoms. The zero-order valence-electron chi connectivity index (χ0n) is 36.1. The molecular formula is C48H55BrFN3O7S. The summed E-state index contributed by atoms with van der Waals surface area (Å²) in [7, 11) is -2.19. The molecule has 0 bridgehead atoms. The Hall–Kier alpha value is -5.01. The van der Waals surface area contributed by atoms with Crippen LogP contribution >= 0.6 is 15.9 Å². The Morgan fingerprint density at radius 1 is 1.00 bits per heavy atom. The van der Waals surface area contributed by atoms with Gasteiger partial charge in [-0.2, -0.15) is 0 Å². The molecule has 5 aromatic rings. The summed E-state index contributed by atoms with van der Waals surface area (Å²) in [5, 5.41) is 0.625. The van der Waals surface area contributed by atoms with Crippen LogP contribution in [0.5, 0.6) is 11.5 Å². The van der Waals surface area contributed by atoms with E-state index in [2.05, 4.69) is 55.0 Å². The number of carbonyl (C=O) groups excluding carboxylic acids is 2. The molecule has 324 valence electrons. The van der Waals surface area contributed by atoms with Gasteiger partial charge in [-0.1, -0.05) is 85.6 Å². The Morgan fingerprint density at radius 2 is 1.74 bits per heavy atom. The number of carbonyl (C=O) groups is 2. The topological polar surface area (TPSA) is 119 Å². The van der Waals surface area contributed by atoms with Crippen LogP contribution in [0, 0.1) is 11.3 Å². The second kappa shape index (κ2) is 18.1. The van der Waals surface area contributed by atoms with E-state index >= 15 is 4.39 Å². The molecule has 0 spiro atoms. The van der Waals surface area contributed by atoms with Crippen molar-refractivity contribution in [2.45, 2.75) is 90.7 Å². The summed E-state index contributed by atoms with van der Waals surface area (Å²) < 4.78 is 61.7. The normalized spacial score (nSPS) is 17.3. The molecule has 10 nitrogen and oxygen atoms in total. The second-order valence-corrected chi connectivity index (χ2v) is 20.4. The highest BCUT2D eigenvalue weighted by atomic mass is 79.9. The fourth-order valence-electron chi connectivity index (χ4n) is 7.84. The maximum atomic E-state index is 15.2. The van der Waals surface area contributed by atoms with Crippen molar-refractivity contribution < 1.29 is 36.6 Å². The van der Waals surface area contributed by atoms with Gasteiger partial charge in [-0.3, -0.25) is 9.59 Å². The molecule has 6 rings (SSSR count). The van der Waals surface area contributed by atoms with Gasteiger partial charge in [0.05, 0.1) is 30.3 Å². The lowest BCUT2D eigenvalue weighted by Gasteiger charge is -2.31. The number of nitrogens with zero attached hydrogens (tertiary/aromatic N) is 3. The van der Waals surface area contributed by atoms with Crippen molar-refractivity contribution in [2.75, 3.05) is 13.2 Å².